The number of ketones is 2. The van der Waals surface area contributed by atoms with E-state index < -0.39 is 0 Å². The van der Waals surface area contributed by atoms with E-state index in [9.17, 15) is 14.7 Å². The Labute approximate surface area is 120 Å². The monoisotopic (exact) mass is 280 g/mol. The van der Waals surface area contributed by atoms with Gasteiger partial charge in [-0.3, -0.25) is 14.5 Å². The minimum atomic E-state index is -0.369. The van der Waals surface area contributed by atoms with Crippen LogP contribution in [0.2, 0.25) is 0 Å². The number of nitrogens with zero attached hydrogens (tertiary/aromatic N) is 1. The van der Waals surface area contributed by atoms with Gasteiger partial charge in [-0.2, -0.15) is 0 Å². The first-order valence-electron chi connectivity index (χ1n) is 6.84. The number of likely N-dealkylation sites (N-methyl/N-ethyl adjacent to an activating group) is 1. The maximum absolute atomic E-state index is 12.3. The smallest absolute Gasteiger partial charge is 0.193 e. The zero-order chi connectivity index (χ0) is 15.4. The number of carbonyl (C=O) groups is 2. The van der Waals surface area contributed by atoms with Crippen molar-refractivity contribution in [2.45, 2.75) is 40.2 Å². The second kappa shape index (κ2) is 6.81. The van der Waals surface area contributed by atoms with Crippen LogP contribution in [0.15, 0.2) is 0 Å². The molecule has 0 aliphatic heterocycles. The number of aromatic amines is 1. The zero-order valence-corrected chi connectivity index (χ0v) is 12.9. The summed E-state index contributed by atoms with van der Waals surface area (Å²) in [6, 6.07) is 0. The second-order valence-corrected chi connectivity index (χ2v) is 5.48. The first kappa shape index (κ1) is 16.6. The fourth-order valence-corrected chi connectivity index (χ4v) is 2.37. The molecule has 1 heterocycles. The molecule has 1 unspecified atom stereocenters. The van der Waals surface area contributed by atoms with Gasteiger partial charge < -0.3 is 10.1 Å². The van der Waals surface area contributed by atoms with Crippen molar-refractivity contribution >= 4 is 11.6 Å². The molecule has 0 bridgehead atoms. The maximum Gasteiger partial charge on any atom is 0.193 e. The van der Waals surface area contributed by atoms with Crippen molar-refractivity contribution in [1.29, 1.82) is 0 Å². The van der Waals surface area contributed by atoms with E-state index in [0.29, 0.717) is 24.2 Å². The van der Waals surface area contributed by atoms with Gasteiger partial charge in [-0.15, -0.1) is 0 Å². The first-order valence-corrected chi connectivity index (χ1v) is 6.84. The predicted octanol–water partition coefficient (Wildman–Crippen LogP) is 1.72. The van der Waals surface area contributed by atoms with Crippen LogP contribution in [0.25, 0.3) is 0 Å². The molecule has 0 aromatic carbocycles. The molecule has 0 saturated carbocycles. The third-order valence-electron chi connectivity index (χ3n) is 3.41. The van der Waals surface area contributed by atoms with Gasteiger partial charge in [-0.1, -0.05) is 0 Å². The molecule has 5 nitrogen and oxygen atoms in total. The van der Waals surface area contributed by atoms with Crippen molar-refractivity contribution in [3.05, 3.63) is 22.5 Å². The van der Waals surface area contributed by atoms with Gasteiger partial charge in [0.2, 0.25) is 0 Å². The van der Waals surface area contributed by atoms with Crippen LogP contribution in [0.3, 0.4) is 0 Å². The molecule has 0 spiro atoms. The summed E-state index contributed by atoms with van der Waals surface area (Å²) in [6.07, 6.45) is 0.261. The van der Waals surface area contributed by atoms with E-state index in [1.165, 1.54) is 6.92 Å². The fourth-order valence-electron chi connectivity index (χ4n) is 2.37. The van der Waals surface area contributed by atoms with Crippen LogP contribution in [0.4, 0.5) is 0 Å². The van der Waals surface area contributed by atoms with Crippen molar-refractivity contribution in [2.75, 3.05) is 20.1 Å². The van der Waals surface area contributed by atoms with Crippen molar-refractivity contribution in [2.24, 2.45) is 0 Å². The van der Waals surface area contributed by atoms with Crippen molar-refractivity contribution in [3.8, 4) is 0 Å². The number of hydrogen-bond acceptors (Lipinski definition) is 4. The van der Waals surface area contributed by atoms with E-state index in [1.54, 1.807) is 20.8 Å². The van der Waals surface area contributed by atoms with Gasteiger partial charge in [0, 0.05) is 17.8 Å². The van der Waals surface area contributed by atoms with E-state index in [0.717, 1.165) is 11.3 Å². The third-order valence-corrected chi connectivity index (χ3v) is 3.41. The topological polar surface area (TPSA) is 73.4 Å². The normalized spacial score (nSPS) is 12.8. The van der Waals surface area contributed by atoms with Crippen molar-refractivity contribution < 1.29 is 14.7 Å². The molecule has 2 N–H and O–H groups in total. The quantitative estimate of drug-likeness (QED) is 0.746. The van der Waals surface area contributed by atoms with Crippen molar-refractivity contribution in [1.82, 2.24) is 9.88 Å². The number of aromatic nitrogens is 1. The number of nitrogens with one attached hydrogen (secondary N) is 1. The highest BCUT2D eigenvalue weighted by atomic mass is 16.3. The highest BCUT2D eigenvalue weighted by molar-refractivity contribution is 6.03. The van der Waals surface area contributed by atoms with Gasteiger partial charge >= 0.3 is 0 Å². The maximum atomic E-state index is 12.3. The number of rotatable bonds is 7. The summed E-state index contributed by atoms with van der Waals surface area (Å²) in [5.41, 5.74) is 2.59. The minimum Gasteiger partial charge on any atom is -0.393 e. The SMILES string of the molecule is CC(=O)c1c(C)[nH]c(C(=O)CN(C)CCC(C)O)c1C. The predicted molar refractivity (Wildman–Crippen MR) is 78.4 cm³/mol. The summed E-state index contributed by atoms with van der Waals surface area (Å²) in [7, 11) is 1.84. The molecule has 5 heteroatoms. The van der Waals surface area contributed by atoms with E-state index in [4.69, 9.17) is 0 Å². The Bertz CT molecular complexity index is 503. The molecule has 0 aliphatic carbocycles. The second-order valence-electron chi connectivity index (χ2n) is 5.48. The van der Waals surface area contributed by atoms with E-state index in [-0.39, 0.29) is 24.2 Å². The zero-order valence-electron chi connectivity index (χ0n) is 12.9. The number of hydrogen-bond donors (Lipinski definition) is 2. The summed E-state index contributed by atoms with van der Waals surface area (Å²) in [5.74, 6) is -0.0658. The van der Waals surface area contributed by atoms with Gasteiger partial charge in [0.15, 0.2) is 11.6 Å². The van der Waals surface area contributed by atoms with Gasteiger partial charge in [0.05, 0.1) is 18.3 Å². The minimum absolute atomic E-state index is 0.0299. The molecule has 20 heavy (non-hydrogen) atoms. The van der Waals surface area contributed by atoms with Crippen LogP contribution >= 0.6 is 0 Å². The summed E-state index contributed by atoms with van der Waals surface area (Å²) in [6.45, 7) is 7.76. The number of Topliss-reactive ketones (excluding diaryl/α,β-unsaturated/α-hetero) is 2. The Balaban J connectivity index is 2.78. The molecular formula is C15H24N2O3. The number of aliphatic hydroxyl groups excluding tert-OH is 1. The van der Waals surface area contributed by atoms with E-state index in [2.05, 4.69) is 4.98 Å². The van der Waals surface area contributed by atoms with E-state index >= 15 is 0 Å². The van der Waals surface area contributed by atoms with Crippen LogP contribution in [-0.4, -0.2) is 52.8 Å². The Kier molecular flexibility index (Phi) is 5.65. The number of aliphatic hydroxyl groups is 1. The molecule has 0 radical (unpaired) electrons. The molecule has 0 saturated heterocycles. The summed E-state index contributed by atoms with van der Waals surface area (Å²) < 4.78 is 0. The molecule has 0 aliphatic rings. The van der Waals surface area contributed by atoms with Crippen LogP contribution in [-0.2, 0) is 0 Å². The average molecular weight is 280 g/mol. The number of H-pyrrole nitrogens is 1. The van der Waals surface area contributed by atoms with Gasteiger partial charge in [-0.25, -0.2) is 0 Å². The highest BCUT2D eigenvalue weighted by Crippen LogP contribution is 2.19. The van der Waals surface area contributed by atoms with Gasteiger partial charge in [0.25, 0.3) is 0 Å². The Morgan fingerprint density at radius 3 is 2.40 bits per heavy atom. The largest absolute Gasteiger partial charge is 0.393 e. The Morgan fingerprint density at radius 1 is 1.35 bits per heavy atom. The Morgan fingerprint density at radius 2 is 1.95 bits per heavy atom. The lowest BCUT2D eigenvalue weighted by Crippen LogP contribution is -2.29. The number of carbonyl (C=O) groups excluding carboxylic acids is 2. The molecule has 1 rings (SSSR count). The molecule has 1 aromatic heterocycles. The van der Waals surface area contributed by atoms with Gasteiger partial charge in [0.1, 0.15) is 0 Å². The molecule has 1 aromatic rings. The summed E-state index contributed by atoms with van der Waals surface area (Å²) in [4.78, 5) is 28.7. The van der Waals surface area contributed by atoms with Crippen molar-refractivity contribution in [3.63, 3.8) is 0 Å². The molecular weight excluding hydrogens is 256 g/mol. The average Bonchev–Trinajstić information content (AvgIpc) is 2.62. The molecule has 0 amide bonds. The Hall–Kier alpha value is -1.46. The lowest BCUT2D eigenvalue weighted by atomic mass is 10.1. The molecule has 112 valence electrons. The van der Waals surface area contributed by atoms with E-state index in [1.807, 2.05) is 11.9 Å². The number of aryl methyl sites for hydroxylation is 1. The van der Waals surface area contributed by atoms with Crippen LogP contribution < -0.4 is 0 Å². The standard InChI is InChI=1S/C15H24N2O3/c1-9(18)6-7-17(5)8-13(20)15-10(2)14(12(4)19)11(3)16-15/h9,16,18H,6-8H2,1-5H3. The lowest BCUT2D eigenvalue weighted by Gasteiger charge is -2.16. The fraction of sp³-hybridized carbons (Fsp3) is 0.600. The molecule has 0 fully saturated rings. The van der Waals surface area contributed by atoms with Crippen LogP contribution in [0.1, 0.15) is 52.4 Å². The summed E-state index contributed by atoms with van der Waals surface area (Å²) in [5, 5.41) is 9.24. The first-order chi connectivity index (χ1) is 9.23. The molecule has 1 atom stereocenters. The van der Waals surface area contributed by atoms with Gasteiger partial charge in [-0.05, 0) is 46.7 Å². The summed E-state index contributed by atoms with van der Waals surface area (Å²) >= 11 is 0. The third kappa shape index (κ3) is 4.02. The van der Waals surface area contributed by atoms with Crippen LogP contribution in [0.5, 0.6) is 0 Å². The van der Waals surface area contributed by atoms with Crippen LogP contribution in [0, 0.1) is 13.8 Å². The highest BCUT2D eigenvalue weighted by Gasteiger charge is 2.20. The lowest BCUT2D eigenvalue weighted by molar-refractivity contribution is 0.0926.